The smallest absolute Gasteiger partial charge is 0.306 e. The van der Waals surface area contributed by atoms with Crippen molar-refractivity contribution < 1.29 is 23.8 Å². The maximum absolute atomic E-state index is 12.6. The van der Waals surface area contributed by atoms with Crippen LogP contribution in [0.25, 0.3) is 0 Å². The third-order valence-electron chi connectivity index (χ3n) is 9.43. The Bertz CT molecular complexity index is 1060. The number of allylic oxidation sites excluding steroid dienone is 14. The SMILES string of the molecule is CC/C=C\C/C=C\C/C=C\C/C=C\CCC(=O)OCC(COCCCCCCCCC/C=C\C/C=C\C/C=C\CCCCC)OC(=O)CCCCCCCCC. The summed E-state index contributed by atoms with van der Waals surface area (Å²) in [5.74, 6) is -0.507. The zero-order chi connectivity index (χ0) is 40.7. The normalized spacial score (nSPS) is 13.0. The summed E-state index contributed by atoms with van der Waals surface area (Å²) in [6.07, 6.45) is 60.4. The van der Waals surface area contributed by atoms with Gasteiger partial charge in [0.1, 0.15) is 6.61 Å². The van der Waals surface area contributed by atoms with Gasteiger partial charge in [-0.1, -0.05) is 189 Å². The summed E-state index contributed by atoms with van der Waals surface area (Å²) in [6, 6.07) is 0. The number of ether oxygens (including phenoxy) is 3. The van der Waals surface area contributed by atoms with Crippen molar-refractivity contribution in [3.8, 4) is 0 Å². The van der Waals surface area contributed by atoms with Crippen LogP contribution in [-0.4, -0.2) is 37.9 Å². The van der Waals surface area contributed by atoms with Gasteiger partial charge in [-0.05, 0) is 83.5 Å². The lowest BCUT2D eigenvalue weighted by molar-refractivity contribution is -0.162. The molecule has 5 nitrogen and oxygen atoms in total. The van der Waals surface area contributed by atoms with E-state index in [4.69, 9.17) is 14.2 Å². The molecule has 0 amide bonds. The maximum atomic E-state index is 12.6. The molecule has 0 bridgehead atoms. The van der Waals surface area contributed by atoms with Crippen LogP contribution in [0.3, 0.4) is 0 Å². The monoisotopic (exact) mass is 779 g/mol. The highest BCUT2D eigenvalue weighted by atomic mass is 16.6. The van der Waals surface area contributed by atoms with Crippen molar-refractivity contribution in [3.63, 3.8) is 0 Å². The molecule has 0 aliphatic rings. The van der Waals surface area contributed by atoms with Crippen LogP contribution >= 0.6 is 0 Å². The summed E-state index contributed by atoms with van der Waals surface area (Å²) in [5, 5.41) is 0. The van der Waals surface area contributed by atoms with E-state index in [0.717, 1.165) is 70.6 Å². The van der Waals surface area contributed by atoms with Crippen LogP contribution in [-0.2, 0) is 23.8 Å². The van der Waals surface area contributed by atoms with E-state index in [1.54, 1.807) is 0 Å². The largest absolute Gasteiger partial charge is 0.462 e. The molecule has 1 atom stereocenters. The second kappa shape index (κ2) is 46.5. The van der Waals surface area contributed by atoms with Gasteiger partial charge in [0.05, 0.1) is 6.61 Å². The first-order valence-corrected chi connectivity index (χ1v) is 23.1. The molecule has 0 spiro atoms. The molecule has 0 saturated heterocycles. The lowest BCUT2D eigenvalue weighted by Crippen LogP contribution is -2.30. The van der Waals surface area contributed by atoms with Crippen LogP contribution in [0.2, 0.25) is 0 Å². The fourth-order valence-corrected chi connectivity index (χ4v) is 6.00. The van der Waals surface area contributed by atoms with Gasteiger partial charge in [0.2, 0.25) is 0 Å². The number of hydrogen-bond acceptors (Lipinski definition) is 5. The topological polar surface area (TPSA) is 61.8 Å². The van der Waals surface area contributed by atoms with Gasteiger partial charge in [0.25, 0.3) is 0 Å². The van der Waals surface area contributed by atoms with Crippen molar-refractivity contribution >= 4 is 11.9 Å². The molecule has 0 heterocycles. The van der Waals surface area contributed by atoms with E-state index in [1.807, 2.05) is 6.08 Å². The first kappa shape index (κ1) is 53.1. The summed E-state index contributed by atoms with van der Waals surface area (Å²) in [6.45, 7) is 7.53. The number of carbonyl (C=O) groups excluding carboxylic acids is 2. The Morgan fingerprint density at radius 2 is 0.839 bits per heavy atom. The number of hydrogen-bond donors (Lipinski definition) is 0. The van der Waals surface area contributed by atoms with Crippen LogP contribution in [0, 0.1) is 0 Å². The highest BCUT2D eigenvalue weighted by Gasteiger charge is 2.17. The molecule has 0 aromatic heterocycles. The predicted molar refractivity (Wildman–Crippen MR) is 242 cm³/mol. The van der Waals surface area contributed by atoms with E-state index in [9.17, 15) is 9.59 Å². The maximum Gasteiger partial charge on any atom is 0.306 e. The van der Waals surface area contributed by atoms with E-state index in [1.165, 1.54) is 89.9 Å². The predicted octanol–water partition coefficient (Wildman–Crippen LogP) is 15.3. The summed E-state index contributed by atoms with van der Waals surface area (Å²) < 4.78 is 17.2. The Morgan fingerprint density at radius 3 is 1.39 bits per heavy atom. The van der Waals surface area contributed by atoms with Crippen molar-refractivity contribution in [1.82, 2.24) is 0 Å². The van der Waals surface area contributed by atoms with Crippen LogP contribution < -0.4 is 0 Å². The number of carbonyl (C=O) groups is 2. The summed E-state index contributed by atoms with van der Waals surface area (Å²) in [5.41, 5.74) is 0. The van der Waals surface area contributed by atoms with Crippen LogP contribution in [0.15, 0.2) is 85.1 Å². The molecule has 0 radical (unpaired) electrons. The third-order valence-corrected chi connectivity index (χ3v) is 9.43. The molecule has 0 aliphatic carbocycles. The molecule has 56 heavy (non-hydrogen) atoms. The Kier molecular flexibility index (Phi) is 44.0. The van der Waals surface area contributed by atoms with Crippen molar-refractivity contribution in [3.05, 3.63) is 85.1 Å². The minimum atomic E-state index is -0.569. The molecule has 5 heteroatoms. The summed E-state index contributed by atoms with van der Waals surface area (Å²) in [4.78, 5) is 25.1. The van der Waals surface area contributed by atoms with E-state index in [0.29, 0.717) is 25.9 Å². The number of unbranched alkanes of at least 4 members (excludes halogenated alkanes) is 16. The van der Waals surface area contributed by atoms with Gasteiger partial charge >= 0.3 is 11.9 Å². The molecule has 0 aromatic rings. The molecular weight excluding hydrogens is 693 g/mol. The van der Waals surface area contributed by atoms with Gasteiger partial charge in [-0.3, -0.25) is 9.59 Å². The van der Waals surface area contributed by atoms with Crippen LogP contribution in [0.5, 0.6) is 0 Å². The van der Waals surface area contributed by atoms with Crippen LogP contribution in [0.1, 0.15) is 201 Å². The van der Waals surface area contributed by atoms with Gasteiger partial charge in [-0.25, -0.2) is 0 Å². The molecule has 0 N–H and O–H groups in total. The second-order valence-electron chi connectivity index (χ2n) is 14.9. The molecule has 1 unspecified atom stereocenters. The van der Waals surface area contributed by atoms with E-state index >= 15 is 0 Å². The number of rotatable bonds is 41. The average molecular weight is 779 g/mol. The Hall–Kier alpha value is -2.92. The molecule has 0 rings (SSSR count). The first-order chi connectivity index (χ1) is 27.6. The zero-order valence-electron chi connectivity index (χ0n) is 36.6. The molecular formula is C51H86O5. The molecule has 0 aromatic carbocycles. The molecule has 0 fully saturated rings. The Labute approximate surface area is 346 Å². The summed E-state index contributed by atoms with van der Waals surface area (Å²) >= 11 is 0. The van der Waals surface area contributed by atoms with Gasteiger partial charge in [0, 0.05) is 19.4 Å². The van der Waals surface area contributed by atoms with E-state index < -0.39 is 6.10 Å². The standard InChI is InChI=1S/C51H86O5/c1-4-7-10-13-16-18-20-22-23-24-25-26-27-28-30-32-34-37-40-43-46-54-47-49(56-51(53)45-42-39-35-15-12-9-6-3)48-55-50(52)44-41-38-36-33-31-29-21-19-17-14-11-8-5-2/h8,11,16-19,22-23,25-26,29,31,36,38,49H,4-7,9-10,12-15,20-21,24,27-28,30,32-35,37,39-48H2,1-3H3/b11-8-,18-16-,19-17-,23-22-,26-25-,31-29-,38-36-. The lowest BCUT2D eigenvalue weighted by atomic mass is 10.1. The van der Waals surface area contributed by atoms with E-state index in [-0.39, 0.29) is 25.2 Å². The second-order valence-corrected chi connectivity index (χ2v) is 14.9. The lowest BCUT2D eigenvalue weighted by Gasteiger charge is -2.18. The quantitative estimate of drug-likeness (QED) is 0.0351. The third kappa shape index (κ3) is 43.8. The van der Waals surface area contributed by atoms with Gasteiger partial charge in [-0.2, -0.15) is 0 Å². The van der Waals surface area contributed by atoms with Gasteiger partial charge < -0.3 is 14.2 Å². The van der Waals surface area contributed by atoms with Crippen molar-refractivity contribution in [2.45, 2.75) is 207 Å². The summed E-state index contributed by atoms with van der Waals surface area (Å²) in [7, 11) is 0. The fraction of sp³-hybridized carbons (Fsp3) is 0.686. The highest BCUT2D eigenvalue weighted by molar-refractivity contribution is 5.70. The average Bonchev–Trinajstić information content (AvgIpc) is 3.20. The highest BCUT2D eigenvalue weighted by Crippen LogP contribution is 2.12. The van der Waals surface area contributed by atoms with Crippen molar-refractivity contribution in [1.29, 1.82) is 0 Å². The molecule has 320 valence electrons. The Morgan fingerprint density at radius 1 is 0.411 bits per heavy atom. The van der Waals surface area contributed by atoms with Crippen molar-refractivity contribution in [2.75, 3.05) is 19.8 Å². The minimum Gasteiger partial charge on any atom is -0.462 e. The molecule has 0 saturated carbocycles. The minimum absolute atomic E-state index is 0.0402. The number of esters is 2. The Balaban J connectivity index is 4.23. The van der Waals surface area contributed by atoms with Gasteiger partial charge in [0.15, 0.2) is 6.10 Å². The van der Waals surface area contributed by atoms with Gasteiger partial charge in [-0.15, -0.1) is 0 Å². The first-order valence-electron chi connectivity index (χ1n) is 23.1. The fourth-order valence-electron chi connectivity index (χ4n) is 6.00. The van der Waals surface area contributed by atoms with E-state index in [2.05, 4.69) is 99.8 Å². The van der Waals surface area contributed by atoms with Crippen molar-refractivity contribution in [2.24, 2.45) is 0 Å². The van der Waals surface area contributed by atoms with Crippen LogP contribution in [0.4, 0.5) is 0 Å². The molecule has 0 aliphatic heterocycles. The zero-order valence-corrected chi connectivity index (χ0v) is 36.6.